The van der Waals surface area contributed by atoms with E-state index in [4.69, 9.17) is 0 Å². The molecule has 0 N–H and O–H groups in total. The summed E-state index contributed by atoms with van der Waals surface area (Å²) >= 11 is 0. The molecule has 468 valence electrons. The zero-order valence-electron chi connectivity index (χ0n) is 54.9. The number of aromatic nitrogens is 7. The van der Waals surface area contributed by atoms with Crippen molar-refractivity contribution in [2.75, 3.05) is 0 Å². The first-order valence-electron chi connectivity index (χ1n) is 34.5. The minimum absolute atomic E-state index is 0.162. The molecule has 5 heterocycles. The molecule has 100 heavy (non-hydrogen) atoms. The van der Waals surface area contributed by atoms with Crippen LogP contribution in [0.2, 0.25) is 0 Å². The van der Waals surface area contributed by atoms with Gasteiger partial charge in [-0.1, -0.05) is 220 Å². The number of hydrogen-bond acceptors (Lipinski definition) is 4. The molecule has 2 atom stereocenters. The average molecular weight is 1280 g/mol. The van der Waals surface area contributed by atoms with Crippen molar-refractivity contribution >= 4 is 114 Å². The minimum Gasteiger partial charge on any atom is -0.309 e. The van der Waals surface area contributed by atoms with Gasteiger partial charge in [-0.3, -0.25) is 0 Å². The predicted molar refractivity (Wildman–Crippen MR) is 415 cm³/mol. The first-order chi connectivity index (χ1) is 49.3. The predicted octanol–water partition coefficient (Wildman–Crippen LogP) is 23.5. The molecule has 0 spiro atoms. The summed E-state index contributed by atoms with van der Waals surface area (Å²) in [5, 5.41) is 34.6. The Bertz CT molecular complexity index is 6760. The topological polar surface area (TPSA) is 66.3 Å². The van der Waals surface area contributed by atoms with Crippen LogP contribution in [0.15, 0.2) is 322 Å². The van der Waals surface area contributed by atoms with Crippen molar-refractivity contribution in [3.8, 4) is 61.6 Å². The van der Waals surface area contributed by atoms with Crippen molar-refractivity contribution in [1.29, 1.82) is 0 Å². The Labute approximate surface area is 576 Å². The van der Waals surface area contributed by atoms with Gasteiger partial charge in [-0.2, -0.15) is 20.4 Å². The molecule has 19 aromatic rings. The van der Waals surface area contributed by atoms with Crippen LogP contribution in [0.25, 0.3) is 176 Å². The lowest BCUT2D eigenvalue weighted by Gasteiger charge is -2.31. The molecule has 0 saturated heterocycles. The number of benzene rings is 14. The monoisotopic (exact) mass is 1280 g/mol. The van der Waals surface area contributed by atoms with Crippen LogP contribution in [0.1, 0.15) is 36.5 Å². The highest BCUT2D eigenvalue weighted by molar-refractivity contribution is 6.18. The second kappa shape index (κ2) is 21.6. The molecule has 0 aliphatic heterocycles. The van der Waals surface area contributed by atoms with Crippen LogP contribution in [0.3, 0.4) is 0 Å². The van der Waals surface area contributed by atoms with Gasteiger partial charge in [0.15, 0.2) is 0 Å². The average Bonchev–Trinajstić information content (AvgIpc) is 1.57. The van der Waals surface area contributed by atoms with Gasteiger partial charge >= 0.3 is 0 Å². The van der Waals surface area contributed by atoms with Crippen molar-refractivity contribution in [2.45, 2.75) is 25.2 Å². The smallest absolute Gasteiger partial charge is 0.0596 e. The third-order valence-corrected chi connectivity index (χ3v) is 22.3. The summed E-state index contributed by atoms with van der Waals surface area (Å²) in [7, 11) is 0. The normalized spacial score (nSPS) is 15.0. The van der Waals surface area contributed by atoms with E-state index in [1.165, 1.54) is 109 Å². The summed E-state index contributed by atoms with van der Waals surface area (Å²) < 4.78 is 7.27. The number of nitrogens with zero attached hydrogens (tertiary/aromatic N) is 7. The van der Waals surface area contributed by atoms with E-state index in [0.717, 1.165) is 82.9 Å². The molecule has 0 fully saturated rings. The number of hydrogen-bond donors (Lipinski definition) is 0. The second-order valence-electron chi connectivity index (χ2n) is 27.9. The molecule has 14 aromatic carbocycles. The molecule has 5 aromatic heterocycles. The van der Waals surface area contributed by atoms with E-state index in [2.05, 4.69) is 345 Å². The van der Waals surface area contributed by atoms with Crippen molar-refractivity contribution in [1.82, 2.24) is 34.1 Å². The van der Waals surface area contributed by atoms with Crippen molar-refractivity contribution in [3.05, 3.63) is 339 Å². The molecule has 7 nitrogen and oxygen atoms in total. The van der Waals surface area contributed by atoms with E-state index >= 15 is 0 Å². The van der Waals surface area contributed by atoms with Crippen molar-refractivity contribution < 1.29 is 0 Å². The molecule has 2 aliphatic carbocycles. The van der Waals surface area contributed by atoms with Crippen molar-refractivity contribution in [3.63, 3.8) is 0 Å². The summed E-state index contributed by atoms with van der Waals surface area (Å²) in [4.78, 5) is 0. The van der Waals surface area contributed by atoms with E-state index in [1.807, 2.05) is 24.8 Å². The summed E-state index contributed by atoms with van der Waals surface area (Å²) in [5.41, 5.74) is 24.6. The first-order valence-corrected chi connectivity index (χ1v) is 34.5. The molecule has 2 aliphatic rings. The Kier molecular flexibility index (Phi) is 12.2. The maximum Gasteiger partial charge on any atom is 0.0596 e. The molecule has 0 bridgehead atoms. The fourth-order valence-corrected chi connectivity index (χ4v) is 17.4. The number of allylic oxidation sites excluding steroid dienone is 4. The highest BCUT2D eigenvalue weighted by Crippen LogP contribution is 2.56. The third-order valence-electron chi connectivity index (χ3n) is 22.3. The summed E-state index contributed by atoms with van der Waals surface area (Å²) in [6.07, 6.45) is 15.2. The fourth-order valence-electron chi connectivity index (χ4n) is 17.4. The van der Waals surface area contributed by atoms with Gasteiger partial charge in [0.1, 0.15) is 0 Å². The van der Waals surface area contributed by atoms with Crippen LogP contribution in [-0.2, 0) is 5.41 Å². The Morgan fingerprint density at radius 3 is 1.42 bits per heavy atom. The van der Waals surface area contributed by atoms with Gasteiger partial charge in [0.25, 0.3) is 0 Å². The standard InChI is InChI=1S/C93H61N7/c1-93(2)83-47-65(28-33-71(83)72-34-29-66(48-84(72)93)69-36-40-88(81-54-96-94-52-79(69)81)99-86-38-31-63(56-16-5-3-6-17-56)45-75(86)77-43-59-18-9-11-20-61(59)49-91(77)99)58-23-15-22-57(42-58)64-32-39-87-76(46-64)78-44-60-19-10-12-21-62(60)50-92(78)100(87)89-41-37-70(80-53-95-97-55-82(80)89)67-30-35-74-73-26-13-14-27-85(73)98(90(74)51-67)68-24-7-4-8-25-68/h3-55,72,84H,1-2H3. The molecular weight excluding hydrogens is 1220 g/mol. The number of para-hydroxylation sites is 2. The second-order valence-corrected chi connectivity index (χ2v) is 27.9. The number of rotatable bonds is 8. The van der Waals surface area contributed by atoms with Crippen LogP contribution in [0.4, 0.5) is 0 Å². The molecule has 0 saturated carbocycles. The number of fused-ring (bicyclic) bond motifs is 16. The van der Waals surface area contributed by atoms with Gasteiger partial charge in [-0.05, 0) is 191 Å². The highest BCUT2D eigenvalue weighted by atomic mass is 15.1. The largest absolute Gasteiger partial charge is 0.309 e. The van der Waals surface area contributed by atoms with E-state index < -0.39 is 0 Å². The fraction of sp³-hybridized carbons (Fsp3) is 0.0538. The summed E-state index contributed by atoms with van der Waals surface area (Å²) in [6, 6.07) is 103. The van der Waals surface area contributed by atoms with Crippen molar-refractivity contribution in [2.24, 2.45) is 5.92 Å². The maximum atomic E-state index is 4.57. The molecule has 0 amide bonds. The van der Waals surface area contributed by atoms with Gasteiger partial charge in [0.2, 0.25) is 0 Å². The van der Waals surface area contributed by atoms with Gasteiger partial charge in [-0.25, -0.2) is 0 Å². The Morgan fingerprint density at radius 2 is 0.770 bits per heavy atom. The Balaban J connectivity index is 0.627. The van der Waals surface area contributed by atoms with Crippen LogP contribution in [0, 0.1) is 5.92 Å². The zero-order valence-corrected chi connectivity index (χ0v) is 54.9. The maximum absolute atomic E-state index is 4.57. The van der Waals surface area contributed by atoms with E-state index in [-0.39, 0.29) is 17.3 Å². The van der Waals surface area contributed by atoms with E-state index in [9.17, 15) is 0 Å². The lowest BCUT2D eigenvalue weighted by Crippen LogP contribution is -2.25. The lowest BCUT2D eigenvalue weighted by molar-refractivity contribution is 0.395. The zero-order chi connectivity index (χ0) is 65.9. The van der Waals surface area contributed by atoms with E-state index in [0.29, 0.717) is 0 Å². The van der Waals surface area contributed by atoms with Crippen LogP contribution in [-0.4, -0.2) is 34.1 Å². The van der Waals surface area contributed by atoms with Crippen LogP contribution >= 0.6 is 0 Å². The lowest BCUT2D eigenvalue weighted by atomic mass is 9.72. The van der Waals surface area contributed by atoms with Gasteiger partial charge in [0, 0.05) is 65.5 Å². The van der Waals surface area contributed by atoms with Crippen LogP contribution in [0.5, 0.6) is 0 Å². The molecular formula is C93H61N7. The molecule has 21 rings (SSSR count). The van der Waals surface area contributed by atoms with Gasteiger partial charge in [-0.15, -0.1) is 0 Å². The first kappa shape index (κ1) is 56.3. The van der Waals surface area contributed by atoms with Gasteiger partial charge < -0.3 is 13.7 Å². The van der Waals surface area contributed by atoms with E-state index in [1.54, 1.807) is 0 Å². The Morgan fingerprint density at radius 1 is 0.300 bits per heavy atom. The highest BCUT2D eigenvalue weighted by Gasteiger charge is 2.45. The quantitative estimate of drug-likeness (QED) is 0.152. The molecule has 7 heteroatoms. The molecule has 0 radical (unpaired) electrons. The summed E-state index contributed by atoms with van der Waals surface area (Å²) in [5.74, 6) is 0.487. The van der Waals surface area contributed by atoms with Gasteiger partial charge in [0.05, 0.1) is 69.3 Å². The van der Waals surface area contributed by atoms with Crippen LogP contribution < -0.4 is 0 Å². The SMILES string of the molecule is CC1(C)c2cc(-c3cccc(-c4ccc5c(c4)c4cc6ccccc6cc4n5-c4ccc(-c5ccc6c7ccccc7n(-c7ccccc7)c6c5)c5cnncc45)c3)ccc2C2C=CC(c3ccc(-n4c5ccc(-c6ccccc6)cc5c5cc6ccccc6cc54)c4cnncc34)=CC21. The molecule has 2 unspecified atom stereocenters. The summed E-state index contributed by atoms with van der Waals surface area (Å²) in [6.45, 7) is 4.89. The minimum atomic E-state index is -0.162. The third kappa shape index (κ3) is 8.45. The Hall–Kier alpha value is -12.8.